The van der Waals surface area contributed by atoms with Gasteiger partial charge in [0.15, 0.2) is 0 Å². The molecule has 2 amide bonds. The Morgan fingerprint density at radius 2 is 1.58 bits per heavy atom. The lowest BCUT2D eigenvalue weighted by Gasteiger charge is -2.15. The van der Waals surface area contributed by atoms with Crippen LogP contribution < -0.4 is 5.32 Å². The van der Waals surface area contributed by atoms with Crippen molar-refractivity contribution in [1.29, 1.82) is 0 Å². The van der Waals surface area contributed by atoms with Gasteiger partial charge >= 0.3 is 6.18 Å². The van der Waals surface area contributed by atoms with E-state index in [1.165, 1.54) is 12.1 Å². The molecule has 0 aromatic heterocycles. The van der Waals surface area contributed by atoms with Crippen LogP contribution >= 0.6 is 24.0 Å². The third kappa shape index (κ3) is 4.72. The normalized spacial score (nSPS) is 15.3. The van der Waals surface area contributed by atoms with Gasteiger partial charge in [0.2, 0.25) is 5.91 Å². The highest BCUT2D eigenvalue weighted by atomic mass is 32.2. The van der Waals surface area contributed by atoms with E-state index in [0.717, 1.165) is 55.9 Å². The summed E-state index contributed by atoms with van der Waals surface area (Å²) in [5, 5.41) is 6.42. The van der Waals surface area contributed by atoms with Gasteiger partial charge in [0.1, 0.15) is 10.9 Å². The number of alkyl halides is 3. The molecular formula is C27H17F3N2O2S2. The number of benzene rings is 4. The van der Waals surface area contributed by atoms with Gasteiger partial charge in [0.25, 0.3) is 5.91 Å². The molecule has 4 aromatic rings. The van der Waals surface area contributed by atoms with Gasteiger partial charge < -0.3 is 5.32 Å². The molecule has 0 unspecified atom stereocenters. The number of thioether (sulfide) groups is 1. The van der Waals surface area contributed by atoms with Crippen LogP contribution in [0.4, 0.5) is 18.9 Å². The summed E-state index contributed by atoms with van der Waals surface area (Å²) in [5.74, 6) is -1.08. The SMILES string of the molecule is O=C(CN1C(=O)/C(=C/c2c3ccccc3cc3ccccc23)SC1=S)Nc1cccc(C(F)(F)F)c1. The number of fused-ring (bicyclic) bond motifs is 2. The van der Waals surface area contributed by atoms with Crippen molar-refractivity contribution in [3.8, 4) is 0 Å². The molecule has 0 spiro atoms. The van der Waals surface area contributed by atoms with Gasteiger partial charge in [-0.15, -0.1) is 0 Å². The van der Waals surface area contributed by atoms with E-state index in [0.29, 0.717) is 4.91 Å². The van der Waals surface area contributed by atoms with Crippen LogP contribution in [0, 0.1) is 0 Å². The molecule has 0 bridgehead atoms. The summed E-state index contributed by atoms with van der Waals surface area (Å²) in [6.45, 7) is -0.408. The molecule has 4 nitrogen and oxygen atoms in total. The summed E-state index contributed by atoms with van der Waals surface area (Å²) in [5.41, 5.74) is -0.0215. The second-order valence-electron chi connectivity index (χ2n) is 8.13. The third-order valence-electron chi connectivity index (χ3n) is 5.74. The average Bonchev–Trinajstić information content (AvgIpc) is 3.10. The van der Waals surface area contributed by atoms with Crippen LogP contribution in [0.2, 0.25) is 0 Å². The maximum absolute atomic E-state index is 13.2. The van der Waals surface area contributed by atoms with Gasteiger partial charge in [0.05, 0.1) is 10.5 Å². The minimum absolute atomic E-state index is 0.0157. The molecule has 0 atom stereocenters. The number of anilines is 1. The number of halogens is 3. The molecule has 4 aromatic carbocycles. The Morgan fingerprint density at radius 1 is 0.944 bits per heavy atom. The Morgan fingerprint density at radius 3 is 2.22 bits per heavy atom. The summed E-state index contributed by atoms with van der Waals surface area (Å²) in [4.78, 5) is 27.3. The first-order chi connectivity index (χ1) is 17.2. The summed E-state index contributed by atoms with van der Waals surface area (Å²) in [6, 6.07) is 22.1. The zero-order valence-electron chi connectivity index (χ0n) is 18.5. The van der Waals surface area contributed by atoms with Crippen molar-refractivity contribution in [2.45, 2.75) is 6.18 Å². The van der Waals surface area contributed by atoms with E-state index in [9.17, 15) is 22.8 Å². The Bertz CT molecular complexity index is 1530. The zero-order valence-corrected chi connectivity index (χ0v) is 20.1. The zero-order chi connectivity index (χ0) is 25.4. The molecule has 0 saturated carbocycles. The van der Waals surface area contributed by atoms with Gasteiger partial charge in [0, 0.05) is 5.69 Å². The lowest BCUT2D eigenvalue weighted by atomic mass is 9.96. The predicted octanol–water partition coefficient (Wildman–Crippen LogP) is 6.85. The maximum atomic E-state index is 13.2. The fraction of sp³-hybridized carbons (Fsp3) is 0.0741. The summed E-state index contributed by atoms with van der Waals surface area (Å²) in [7, 11) is 0. The monoisotopic (exact) mass is 522 g/mol. The van der Waals surface area contributed by atoms with E-state index < -0.39 is 30.1 Å². The minimum atomic E-state index is -4.53. The first-order valence-corrected chi connectivity index (χ1v) is 12.1. The minimum Gasteiger partial charge on any atom is -0.325 e. The molecule has 1 N–H and O–H groups in total. The molecule has 1 aliphatic heterocycles. The molecule has 5 rings (SSSR count). The van der Waals surface area contributed by atoms with Gasteiger partial charge in [-0.05, 0) is 57.4 Å². The van der Waals surface area contributed by atoms with Crippen LogP contribution in [0.3, 0.4) is 0 Å². The van der Waals surface area contributed by atoms with Crippen molar-refractivity contribution in [1.82, 2.24) is 4.90 Å². The second kappa shape index (κ2) is 9.40. The van der Waals surface area contributed by atoms with Gasteiger partial charge in [-0.2, -0.15) is 13.2 Å². The molecule has 0 radical (unpaired) electrons. The molecule has 9 heteroatoms. The summed E-state index contributed by atoms with van der Waals surface area (Å²) < 4.78 is 39.1. The summed E-state index contributed by atoms with van der Waals surface area (Å²) in [6.07, 6.45) is -2.75. The van der Waals surface area contributed by atoms with Gasteiger partial charge in [-0.3, -0.25) is 14.5 Å². The van der Waals surface area contributed by atoms with E-state index in [1.807, 2.05) is 48.5 Å². The van der Waals surface area contributed by atoms with Crippen molar-refractivity contribution in [2.24, 2.45) is 0 Å². The van der Waals surface area contributed by atoms with Gasteiger partial charge in [-0.1, -0.05) is 78.6 Å². The first-order valence-electron chi connectivity index (χ1n) is 10.8. The number of carbonyl (C=O) groups excluding carboxylic acids is 2. The van der Waals surface area contributed by atoms with Crippen LogP contribution in [0.1, 0.15) is 11.1 Å². The van der Waals surface area contributed by atoms with Crippen molar-refractivity contribution < 1.29 is 22.8 Å². The van der Waals surface area contributed by atoms with Crippen molar-refractivity contribution >= 4 is 73.4 Å². The number of nitrogens with zero attached hydrogens (tertiary/aromatic N) is 1. The van der Waals surface area contributed by atoms with Crippen molar-refractivity contribution in [3.05, 3.63) is 94.9 Å². The summed E-state index contributed by atoms with van der Waals surface area (Å²) >= 11 is 6.44. The highest BCUT2D eigenvalue weighted by Crippen LogP contribution is 2.37. The Balaban J connectivity index is 1.41. The number of hydrogen-bond donors (Lipinski definition) is 1. The van der Waals surface area contributed by atoms with Gasteiger partial charge in [-0.25, -0.2) is 0 Å². The average molecular weight is 523 g/mol. The number of hydrogen-bond acceptors (Lipinski definition) is 4. The highest BCUT2D eigenvalue weighted by molar-refractivity contribution is 8.26. The topological polar surface area (TPSA) is 49.4 Å². The van der Waals surface area contributed by atoms with E-state index in [-0.39, 0.29) is 10.0 Å². The molecule has 0 aliphatic carbocycles. The van der Waals surface area contributed by atoms with Crippen LogP contribution in [0.15, 0.2) is 83.8 Å². The van der Waals surface area contributed by atoms with Crippen LogP contribution in [0.25, 0.3) is 27.6 Å². The maximum Gasteiger partial charge on any atom is 0.416 e. The Labute approximate surface area is 213 Å². The van der Waals surface area contributed by atoms with Crippen LogP contribution in [-0.2, 0) is 15.8 Å². The number of rotatable bonds is 4. The predicted molar refractivity (Wildman–Crippen MR) is 141 cm³/mol. The molecule has 36 heavy (non-hydrogen) atoms. The van der Waals surface area contributed by atoms with E-state index in [2.05, 4.69) is 11.4 Å². The number of thiocarbonyl (C=S) groups is 1. The standard InChI is InChI=1S/C27H17F3N2O2S2/c28-27(29,30)18-8-5-9-19(13-18)31-24(33)15-32-25(34)23(36-26(32)35)14-22-20-10-3-1-6-16(20)12-17-7-2-4-11-21(17)22/h1-14H,15H2,(H,31,33)/b23-14-. The quantitative estimate of drug-likeness (QED) is 0.181. The fourth-order valence-corrected chi connectivity index (χ4v) is 5.33. The lowest BCUT2D eigenvalue weighted by Crippen LogP contribution is -2.36. The molecule has 1 fully saturated rings. The fourth-order valence-electron chi connectivity index (χ4n) is 4.09. The molecular weight excluding hydrogens is 505 g/mol. The lowest BCUT2D eigenvalue weighted by molar-refractivity contribution is -0.137. The van der Waals surface area contributed by atoms with Crippen LogP contribution in [0.5, 0.6) is 0 Å². The number of nitrogens with one attached hydrogen (secondary N) is 1. The molecule has 1 aliphatic rings. The third-order valence-corrected chi connectivity index (χ3v) is 7.12. The van der Waals surface area contributed by atoms with Crippen LogP contribution in [-0.4, -0.2) is 27.6 Å². The molecule has 1 heterocycles. The first kappa shape index (κ1) is 24.0. The Kier molecular flexibility index (Phi) is 6.27. The second-order valence-corrected chi connectivity index (χ2v) is 9.80. The van der Waals surface area contributed by atoms with Crippen molar-refractivity contribution in [3.63, 3.8) is 0 Å². The van der Waals surface area contributed by atoms with E-state index in [4.69, 9.17) is 12.2 Å². The van der Waals surface area contributed by atoms with E-state index >= 15 is 0 Å². The molecule has 180 valence electrons. The smallest absolute Gasteiger partial charge is 0.325 e. The highest BCUT2D eigenvalue weighted by Gasteiger charge is 2.34. The molecule has 1 saturated heterocycles. The van der Waals surface area contributed by atoms with Crippen molar-refractivity contribution in [2.75, 3.05) is 11.9 Å². The number of carbonyl (C=O) groups is 2. The largest absolute Gasteiger partial charge is 0.416 e. The Hall–Kier alpha value is -3.69. The number of amides is 2. The van der Waals surface area contributed by atoms with E-state index in [1.54, 1.807) is 6.08 Å².